The van der Waals surface area contributed by atoms with Gasteiger partial charge < -0.3 is 9.64 Å². The first-order chi connectivity index (χ1) is 10.3. The molecule has 124 valence electrons. The van der Waals surface area contributed by atoms with E-state index < -0.39 is 10.0 Å². The summed E-state index contributed by atoms with van der Waals surface area (Å²) in [5.74, 6) is 0.290. The average molecular weight is 327 g/mol. The maximum Gasteiger partial charge on any atom is 0.241 e. The Morgan fingerprint density at radius 3 is 2.45 bits per heavy atom. The Hall–Kier alpha value is -1.15. The van der Waals surface area contributed by atoms with Crippen LogP contribution in [0.1, 0.15) is 12.5 Å². The van der Waals surface area contributed by atoms with Crippen LogP contribution in [0.25, 0.3) is 0 Å². The summed E-state index contributed by atoms with van der Waals surface area (Å²) in [5, 5.41) is 5.27. The quantitative estimate of drug-likeness (QED) is 0.853. The summed E-state index contributed by atoms with van der Waals surface area (Å²) in [6.45, 7) is 6.38. The van der Waals surface area contributed by atoms with Crippen LogP contribution >= 0.6 is 0 Å². The zero-order chi connectivity index (χ0) is 16.3. The van der Waals surface area contributed by atoms with Gasteiger partial charge in [0.1, 0.15) is 10.6 Å². The number of piperazine rings is 1. The molecule has 6 nitrogen and oxygen atoms in total. The molecule has 0 saturated carbocycles. The highest BCUT2D eigenvalue weighted by molar-refractivity contribution is 7.89. The van der Waals surface area contributed by atoms with E-state index in [1.54, 1.807) is 12.1 Å². The van der Waals surface area contributed by atoms with E-state index in [9.17, 15) is 8.42 Å². The van der Waals surface area contributed by atoms with Crippen LogP contribution < -0.4 is 9.88 Å². The summed E-state index contributed by atoms with van der Waals surface area (Å²) in [4.78, 5) is 4.80. The molecule has 1 heterocycles. The molecule has 22 heavy (non-hydrogen) atoms. The minimum absolute atomic E-state index is 0.0538. The Bertz CT molecular complexity index is 610. The molecular formula is C15H25N3O3S. The molecule has 1 aromatic rings. The van der Waals surface area contributed by atoms with Crippen molar-refractivity contribution < 1.29 is 13.2 Å². The number of nitrogens with zero attached hydrogens (tertiary/aromatic N) is 2. The number of ether oxygens (including phenoxy) is 1. The van der Waals surface area contributed by atoms with E-state index in [1.807, 2.05) is 6.07 Å². The zero-order valence-electron chi connectivity index (χ0n) is 13.4. The van der Waals surface area contributed by atoms with Gasteiger partial charge >= 0.3 is 0 Å². The standard InChI is InChI=1S/C15H25N3O3S/c1-12(18-8-6-17(2)7-9-18)10-13-4-5-14(21-3)15(11-13)22(16,19)20/h4-5,11-12H,6-10H2,1-3H3,(H2,16,19,20)/t12-/m1/s1. The second-order valence-corrected chi connectivity index (χ2v) is 7.45. The van der Waals surface area contributed by atoms with Crippen molar-refractivity contribution in [3.8, 4) is 5.75 Å². The van der Waals surface area contributed by atoms with Gasteiger partial charge in [0.15, 0.2) is 0 Å². The Morgan fingerprint density at radius 2 is 1.91 bits per heavy atom. The number of rotatable bonds is 5. The number of likely N-dealkylation sites (N-methyl/N-ethyl adjacent to an activating group) is 1. The van der Waals surface area contributed by atoms with Gasteiger partial charge in [0.25, 0.3) is 0 Å². The van der Waals surface area contributed by atoms with Crippen molar-refractivity contribution >= 4 is 10.0 Å². The molecule has 1 aromatic carbocycles. The predicted molar refractivity (Wildman–Crippen MR) is 86.6 cm³/mol. The molecule has 1 aliphatic rings. The first kappa shape index (κ1) is 17.2. The monoisotopic (exact) mass is 327 g/mol. The number of methoxy groups -OCH3 is 1. The zero-order valence-corrected chi connectivity index (χ0v) is 14.3. The predicted octanol–water partition coefficient (Wildman–Crippen LogP) is 0.521. The number of primary sulfonamides is 1. The van der Waals surface area contributed by atoms with Crippen LogP contribution in [0.5, 0.6) is 5.75 Å². The summed E-state index contributed by atoms with van der Waals surface area (Å²) in [6, 6.07) is 5.56. The van der Waals surface area contributed by atoms with Gasteiger partial charge in [-0.15, -0.1) is 0 Å². The number of sulfonamides is 1. The summed E-state index contributed by atoms with van der Waals surface area (Å²) >= 11 is 0. The minimum Gasteiger partial charge on any atom is -0.495 e. The van der Waals surface area contributed by atoms with Crippen molar-refractivity contribution in [1.29, 1.82) is 0 Å². The van der Waals surface area contributed by atoms with Gasteiger partial charge in [0.2, 0.25) is 10.0 Å². The molecule has 0 radical (unpaired) electrons. The first-order valence-corrected chi connectivity index (χ1v) is 8.98. The molecule has 1 fully saturated rings. The van der Waals surface area contributed by atoms with E-state index in [0.717, 1.165) is 38.2 Å². The summed E-state index contributed by atoms with van der Waals surface area (Å²) in [6.07, 6.45) is 0.788. The van der Waals surface area contributed by atoms with Crippen LogP contribution in [-0.2, 0) is 16.4 Å². The molecule has 0 spiro atoms. The second kappa shape index (κ2) is 6.95. The largest absolute Gasteiger partial charge is 0.495 e. The second-order valence-electron chi connectivity index (χ2n) is 5.92. The van der Waals surface area contributed by atoms with Gasteiger partial charge in [0.05, 0.1) is 7.11 Å². The molecule has 2 rings (SSSR count). The van der Waals surface area contributed by atoms with Crippen molar-refractivity contribution in [3.63, 3.8) is 0 Å². The van der Waals surface area contributed by atoms with Crippen molar-refractivity contribution in [2.45, 2.75) is 24.3 Å². The average Bonchev–Trinajstić information content (AvgIpc) is 2.47. The van der Waals surface area contributed by atoms with Gasteiger partial charge in [0, 0.05) is 32.2 Å². The normalized spacial score (nSPS) is 19.1. The minimum atomic E-state index is -3.78. The lowest BCUT2D eigenvalue weighted by molar-refractivity contribution is 0.118. The van der Waals surface area contributed by atoms with E-state index in [0.29, 0.717) is 11.8 Å². The van der Waals surface area contributed by atoms with Gasteiger partial charge in [-0.25, -0.2) is 13.6 Å². The molecule has 0 bridgehead atoms. The van der Waals surface area contributed by atoms with E-state index in [-0.39, 0.29) is 4.90 Å². The summed E-state index contributed by atoms with van der Waals surface area (Å²) < 4.78 is 28.4. The molecule has 7 heteroatoms. The van der Waals surface area contributed by atoms with Crippen LogP contribution in [0, 0.1) is 0 Å². The topological polar surface area (TPSA) is 75.9 Å². The molecule has 2 N–H and O–H groups in total. The molecule has 0 aromatic heterocycles. The van der Waals surface area contributed by atoms with Crippen LogP contribution in [0.2, 0.25) is 0 Å². The molecule has 1 atom stereocenters. The Morgan fingerprint density at radius 1 is 1.27 bits per heavy atom. The Balaban J connectivity index is 2.13. The maximum atomic E-state index is 11.7. The van der Waals surface area contributed by atoms with Crippen molar-refractivity contribution in [2.24, 2.45) is 5.14 Å². The third-order valence-corrected chi connectivity index (χ3v) is 5.16. The molecular weight excluding hydrogens is 302 g/mol. The Labute approximate surface area is 132 Å². The summed E-state index contributed by atoms with van der Waals surface area (Å²) in [5.41, 5.74) is 0.955. The lowest BCUT2D eigenvalue weighted by atomic mass is 10.0. The molecule has 0 aliphatic carbocycles. The highest BCUT2D eigenvalue weighted by Gasteiger charge is 2.21. The van der Waals surface area contributed by atoms with Gasteiger partial charge in [-0.2, -0.15) is 0 Å². The molecule has 1 saturated heterocycles. The highest BCUT2D eigenvalue weighted by atomic mass is 32.2. The molecule has 0 unspecified atom stereocenters. The van der Waals surface area contributed by atoms with Crippen LogP contribution in [0.3, 0.4) is 0 Å². The number of nitrogens with two attached hydrogens (primary N) is 1. The summed E-state index contributed by atoms with van der Waals surface area (Å²) in [7, 11) is -0.211. The van der Waals surface area contributed by atoms with Crippen LogP contribution in [0.4, 0.5) is 0 Å². The third-order valence-electron chi connectivity index (χ3n) is 4.23. The maximum absolute atomic E-state index is 11.7. The smallest absolute Gasteiger partial charge is 0.241 e. The SMILES string of the molecule is COc1ccc(C[C@@H](C)N2CCN(C)CC2)cc1S(N)(=O)=O. The number of benzene rings is 1. The highest BCUT2D eigenvalue weighted by Crippen LogP contribution is 2.25. The van der Waals surface area contributed by atoms with E-state index >= 15 is 0 Å². The Kier molecular flexibility index (Phi) is 5.44. The number of hydrogen-bond acceptors (Lipinski definition) is 5. The van der Waals surface area contributed by atoms with Crippen LogP contribution in [-0.4, -0.2) is 64.6 Å². The molecule has 0 amide bonds. The van der Waals surface area contributed by atoms with Crippen molar-refractivity contribution in [2.75, 3.05) is 40.3 Å². The fourth-order valence-corrected chi connectivity index (χ4v) is 3.55. The van der Waals surface area contributed by atoms with Crippen molar-refractivity contribution in [1.82, 2.24) is 9.80 Å². The lowest BCUT2D eigenvalue weighted by Crippen LogP contribution is -2.48. The fourth-order valence-electron chi connectivity index (χ4n) is 2.80. The van der Waals surface area contributed by atoms with Crippen molar-refractivity contribution in [3.05, 3.63) is 23.8 Å². The third kappa shape index (κ3) is 4.19. The molecule has 1 aliphatic heterocycles. The lowest BCUT2D eigenvalue weighted by Gasteiger charge is -2.36. The van der Waals surface area contributed by atoms with Crippen LogP contribution in [0.15, 0.2) is 23.1 Å². The van der Waals surface area contributed by atoms with E-state index in [2.05, 4.69) is 23.8 Å². The number of hydrogen-bond donors (Lipinski definition) is 1. The van der Waals surface area contributed by atoms with Gasteiger partial charge in [-0.05, 0) is 38.1 Å². The first-order valence-electron chi connectivity index (χ1n) is 7.43. The van der Waals surface area contributed by atoms with E-state index in [4.69, 9.17) is 9.88 Å². The van der Waals surface area contributed by atoms with Gasteiger partial charge in [-0.1, -0.05) is 6.07 Å². The van der Waals surface area contributed by atoms with Gasteiger partial charge in [-0.3, -0.25) is 4.90 Å². The van der Waals surface area contributed by atoms with E-state index in [1.165, 1.54) is 7.11 Å². The fraction of sp³-hybridized carbons (Fsp3) is 0.600.